The summed E-state index contributed by atoms with van der Waals surface area (Å²) in [7, 11) is 0. The van der Waals surface area contributed by atoms with E-state index in [-0.39, 0.29) is 5.43 Å². The number of hydrogen-bond acceptors (Lipinski definition) is 2. The second-order valence-electron chi connectivity index (χ2n) is 3.10. The van der Waals surface area contributed by atoms with Gasteiger partial charge >= 0.3 is 0 Å². The van der Waals surface area contributed by atoms with E-state index in [1.54, 1.807) is 0 Å². The Hall–Kier alpha value is -1.31. The normalized spacial score (nSPS) is 20.6. The van der Waals surface area contributed by atoms with E-state index in [0.717, 1.165) is 17.7 Å². The molecule has 1 aromatic heterocycles. The van der Waals surface area contributed by atoms with Crippen LogP contribution >= 0.6 is 0 Å². The highest BCUT2D eigenvalue weighted by Gasteiger charge is 2.16. The predicted octanol–water partition coefficient (Wildman–Crippen LogP) is 2.16. The molecule has 0 unspecified atom stereocenters. The first-order chi connectivity index (χ1) is 5.79. The Kier molecular flexibility index (Phi) is 1.61. The maximum absolute atomic E-state index is 11.3. The Morgan fingerprint density at radius 3 is 3.17 bits per heavy atom. The summed E-state index contributed by atoms with van der Waals surface area (Å²) in [5.41, 5.74) is 0.773. The summed E-state index contributed by atoms with van der Waals surface area (Å²) in [6.07, 6.45) is 6.29. The van der Waals surface area contributed by atoms with Crippen molar-refractivity contribution in [2.75, 3.05) is 0 Å². The zero-order chi connectivity index (χ0) is 8.55. The van der Waals surface area contributed by atoms with Gasteiger partial charge in [0.2, 0.25) is 0 Å². The molecule has 2 rings (SSSR count). The van der Waals surface area contributed by atoms with E-state index < -0.39 is 0 Å². The van der Waals surface area contributed by atoms with Gasteiger partial charge in [-0.25, -0.2) is 0 Å². The minimum Gasteiger partial charge on any atom is -0.468 e. The topological polar surface area (TPSA) is 30.2 Å². The maximum atomic E-state index is 11.3. The summed E-state index contributed by atoms with van der Waals surface area (Å²) in [5, 5.41) is 0. The van der Waals surface area contributed by atoms with Crippen molar-refractivity contribution >= 4 is 6.08 Å². The highest BCUT2D eigenvalue weighted by atomic mass is 16.3. The van der Waals surface area contributed by atoms with Crippen molar-refractivity contribution in [2.45, 2.75) is 19.3 Å². The summed E-state index contributed by atoms with van der Waals surface area (Å²) in [6, 6.07) is 1.46. The zero-order valence-corrected chi connectivity index (χ0v) is 6.91. The van der Waals surface area contributed by atoms with E-state index in [2.05, 4.69) is 6.92 Å². The fourth-order valence-corrected chi connectivity index (χ4v) is 1.49. The smallest absolute Gasteiger partial charge is 0.192 e. The third-order valence-corrected chi connectivity index (χ3v) is 2.17. The lowest BCUT2D eigenvalue weighted by Gasteiger charge is -2.13. The summed E-state index contributed by atoms with van der Waals surface area (Å²) >= 11 is 0. The van der Waals surface area contributed by atoms with Crippen LogP contribution in [0.3, 0.4) is 0 Å². The van der Waals surface area contributed by atoms with Gasteiger partial charge in [-0.05, 0) is 6.42 Å². The largest absolute Gasteiger partial charge is 0.468 e. The van der Waals surface area contributed by atoms with Crippen LogP contribution in [0.1, 0.15) is 30.6 Å². The molecule has 0 fully saturated rings. The molecule has 2 heteroatoms. The van der Waals surface area contributed by atoms with Gasteiger partial charge in [-0.15, -0.1) is 0 Å². The van der Waals surface area contributed by atoms with Crippen molar-refractivity contribution in [1.29, 1.82) is 0 Å². The van der Waals surface area contributed by atoms with Crippen molar-refractivity contribution in [2.24, 2.45) is 0 Å². The molecule has 0 aromatic carbocycles. The highest BCUT2D eigenvalue weighted by molar-refractivity contribution is 5.54. The molecule has 62 valence electrons. The zero-order valence-electron chi connectivity index (χ0n) is 6.91. The molecule has 0 aliphatic heterocycles. The number of rotatable bonds is 0. The third-order valence-electron chi connectivity index (χ3n) is 2.17. The lowest BCUT2D eigenvalue weighted by molar-refractivity contribution is 0.454. The van der Waals surface area contributed by atoms with E-state index in [9.17, 15) is 4.79 Å². The fraction of sp³-hybridized carbons (Fsp3) is 0.300. The first-order valence-electron chi connectivity index (χ1n) is 4.07. The van der Waals surface area contributed by atoms with Gasteiger partial charge in [0.15, 0.2) is 5.43 Å². The SMILES string of the molecule is C[C@@H]1CC=Cc2c1occc2=O. The third kappa shape index (κ3) is 0.998. The van der Waals surface area contributed by atoms with Crippen molar-refractivity contribution in [1.82, 2.24) is 0 Å². The molecule has 1 aliphatic rings. The fourth-order valence-electron chi connectivity index (χ4n) is 1.49. The molecule has 2 nitrogen and oxygen atoms in total. The lowest BCUT2D eigenvalue weighted by atomic mass is 9.95. The van der Waals surface area contributed by atoms with Gasteiger partial charge in [0.1, 0.15) is 5.76 Å². The summed E-state index contributed by atoms with van der Waals surface area (Å²) in [6.45, 7) is 2.06. The van der Waals surface area contributed by atoms with Crippen LogP contribution in [0.5, 0.6) is 0 Å². The quantitative estimate of drug-likeness (QED) is 0.585. The molecule has 1 heterocycles. The van der Waals surface area contributed by atoms with Gasteiger partial charge < -0.3 is 4.42 Å². The average Bonchev–Trinajstić information content (AvgIpc) is 2.07. The van der Waals surface area contributed by atoms with Crippen LogP contribution in [0, 0.1) is 0 Å². The van der Waals surface area contributed by atoms with Crippen LogP contribution < -0.4 is 5.43 Å². The van der Waals surface area contributed by atoms with Crippen LogP contribution in [0.4, 0.5) is 0 Å². The van der Waals surface area contributed by atoms with E-state index >= 15 is 0 Å². The number of fused-ring (bicyclic) bond motifs is 1. The predicted molar refractivity (Wildman–Crippen MR) is 47.0 cm³/mol. The van der Waals surface area contributed by atoms with Gasteiger partial charge in [-0.2, -0.15) is 0 Å². The standard InChI is InChI=1S/C10H10O2/c1-7-3-2-4-8-9(11)5-6-12-10(7)8/h2,4-7H,3H2,1H3/t7-/m1/s1. The van der Waals surface area contributed by atoms with Gasteiger partial charge in [0.05, 0.1) is 11.8 Å². The molecule has 0 amide bonds. The lowest BCUT2D eigenvalue weighted by Crippen LogP contribution is -2.10. The molecule has 0 radical (unpaired) electrons. The molecule has 0 saturated heterocycles. The van der Waals surface area contributed by atoms with Crippen molar-refractivity contribution in [3.05, 3.63) is 40.0 Å². The highest BCUT2D eigenvalue weighted by Crippen LogP contribution is 2.26. The minimum atomic E-state index is 0.0547. The van der Waals surface area contributed by atoms with Crippen molar-refractivity contribution in [3.8, 4) is 0 Å². The Labute approximate surface area is 70.5 Å². The Morgan fingerprint density at radius 1 is 1.58 bits per heavy atom. The second kappa shape index (κ2) is 2.63. The van der Waals surface area contributed by atoms with Crippen LogP contribution in [-0.2, 0) is 0 Å². The molecule has 1 aromatic rings. The van der Waals surface area contributed by atoms with Gasteiger partial charge in [-0.1, -0.05) is 19.1 Å². The van der Waals surface area contributed by atoms with Crippen LogP contribution in [-0.4, -0.2) is 0 Å². The summed E-state index contributed by atoms with van der Waals surface area (Å²) in [4.78, 5) is 11.3. The van der Waals surface area contributed by atoms with E-state index in [1.807, 2.05) is 12.2 Å². The Morgan fingerprint density at radius 2 is 2.42 bits per heavy atom. The van der Waals surface area contributed by atoms with Crippen LogP contribution in [0.25, 0.3) is 6.08 Å². The molecular weight excluding hydrogens is 152 g/mol. The number of hydrogen-bond donors (Lipinski definition) is 0. The van der Waals surface area contributed by atoms with E-state index in [4.69, 9.17) is 4.42 Å². The van der Waals surface area contributed by atoms with Crippen LogP contribution in [0.2, 0.25) is 0 Å². The molecule has 0 N–H and O–H groups in total. The second-order valence-corrected chi connectivity index (χ2v) is 3.10. The number of allylic oxidation sites excluding steroid dienone is 1. The summed E-state index contributed by atoms with van der Waals surface area (Å²) in [5.74, 6) is 1.16. The van der Waals surface area contributed by atoms with Crippen molar-refractivity contribution in [3.63, 3.8) is 0 Å². The van der Waals surface area contributed by atoms with E-state index in [0.29, 0.717) is 5.92 Å². The molecule has 12 heavy (non-hydrogen) atoms. The monoisotopic (exact) mass is 162 g/mol. The molecule has 0 saturated carbocycles. The molecule has 0 spiro atoms. The summed E-state index contributed by atoms with van der Waals surface area (Å²) < 4.78 is 5.29. The Balaban J connectivity index is 2.69. The molecule has 0 bridgehead atoms. The Bertz CT molecular complexity index is 374. The van der Waals surface area contributed by atoms with Crippen LogP contribution in [0.15, 0.2) is 27.6 Å². The first kappa shape index (κ1) is 7.35. The van der Waals surface area contributed by atoms with Gasteiger partial charge in [0, 0.05) is 12.0 Å². The molecule has 1 atom stereocenters. The first-order valence-corrected chi connectivity index (χ1v) is 4.07. The minimum absolute atomic E-state index is 0.0547. The maximum Gasteiger partial charge on any atom is 0.192 e. The van der Waals surface area contributed by atoms with Gasteiger partial charge in [0.25, 0.3) is 0 Å². The molecular formula is C10H10O2. The molecule has 1 aliphatic carbocycles. The van der Waals surface area contributed by atoms with Gasteiger partial charge in [-0.3, -0.25) is 4.79 Å². The van der Waals surface area contributed by atoms with Crippen molar-refractivity contribution < 1.29 is 4.42 Å². The average molecular weight is 162 g/mol. The van der Waals surface area contributed by atoms with E-state index in [1.165, 1.54) is 12.3 Å².